The number of aryl methyl sites for hydroxylation is 1. The van der Waals surface area contributed by atoms with E-state index in [1.54, 1.807) is 6.92 Å². The molecule has 2 nitrogen and oxygen atoms in total. The highest BCUT2D eigenvalue weighted by Gasteiger charge is 2.18. The molecule has 0 saturated heterocycles. The fraction of sp³-hybridized carbons (Fsp3) is 0.200. The monoisotopic (exact) mass is 198 g/mol. The van der Waals surface area contributed by atoms with E-state index in [-0.39, 0.29) is 22.5 Å². The van der Waals surface area contributed by atoms with Crippen LogP contribution >= 0.6 is 0 Å². The van der Waals surface area contributed by atoms with Crippen LogP contribution < -0.4 is 0 Å². The highest BCUT2D eigenvalue weighted by Crippen LogP contribution is 2.35. The Bertz CT molecular complexity index is 488. The summed E-state index contributed by atoms with van der Waals surface area (Å²) in [4.78, 5) is 0. The maximum atomic E-state index is 13.2. The van der Waals surface area contributed by atoms with Crippen LogP contribution in [0.15, 0.2) is 16.5 Å². The number of halogens is 2. The molecule has 1 aromatic heterocycles. The number of hydrogen-bond acceptors (Lipinski definition) is 2. The van der Waals surface area contributed by atoms with Crippen molar-refractivity contribution in [3.63, 3.8) is 0 Å². The Morgan fingerprint density at radius 1 is 1.29 bits per heavy atom. The molecular weight excluding hydrogens is 190 g/mol. The highest BCUT2D eigenvalue weighted by atomic mass is 19.1. The number of aromatic hydroxyl groups is 1. The van der Waals surface area contributed by atoms with E-state index < -0.39 is 11.6 Å². The minimum Gasteiger partial charge on any atom is -0.504 e. The Morgan fingerprint density at radius 3 is 2.50 bits per heavy atom. The zero-order valence-electron chi connectivity index (χ0n) is 7.47. The lowest BCUT2D eigenvalue weighted by molar-refractivity contribution is 0.440. The average molecular weight is 198 g/mol. The fourth-order valence-electron chi connectivity index (χ4n) is 1.40. The first-order valence-corrected chi connectivity index (χ1v) is 4.23. The fourth-order valence-corrected chi connectivity index (χ4v) is 1.40. The van der Waals surface area contributed by atoms with E-state index in [4.69, 9.17) is 4.42 Å². The normalized spacial score (nSPS) is 11.1. The lowest BCUT2D eigenvalue weighted by Gasteiger charge is -1.92. The predicted molar refractivity (Wildman–Crippen MR) is 47.2 cm³/mol. The van der Waals surface area contributed by atoms with Crippen molar-refractivity contribution in [3.05, 3.63) is 29.5 Å². The molecule has 14 heavy (non-hydrogen) atoms. The third-order valence-corrected chi connectivity index (χ3v) is 2.11. The van der Waals surface area contributed by atoms with E-state index in [9.17, 15) is 13.9 Å². The molecular formula is C10H8F2O2. The molecule has 2 aromatic rings. The number of furan rings is 1. The second kappa shape index (κ2) is 2.97. The highest BCUT2D eigenvalue weighted by molar-refractivity contribution is 5.86. The van der Waals surface area contributed by atoms with E-state index >= 15 is 0 Å². The molecule has 0 bridgehead atoms. The molecule has 0 atom stereocenters. The average Bonchev–Trinajstić information content (AvgIpc) is 2.51. The van der Waals surface area contributed by atoms with Crippen molar-refractivity contribution in [2.45, 2.75) is 13.3 Å². The summed E-state index contributed by atoms with van der Waals surface area (Å²) in [6.07, 6.45) is 0.388. The van der Waals surface area contributed by atoms with Crippen LogP contribution in [0.2, 0.25) is 0 Å². The van der Waals surface area contributed by atoms with Crippen LogP contribution in [0.1, 0.15) is 12.7 Å². The van der Waals surface area contributed by atoms with Crippen molar-refractivity contribution in [1.29, 1.82) is 0 Å². The van der Waals surface area contributed by atoms with Gasteiger partial charge in [-0.05, 0) is 12.1 Å². The molecule has 0 unspecified atom stereocenters. The molecule has 0 spiro atoms. The third kappa shape index (κ3) is 1.07. The molecule has 0 saturated carbocycles. The van der Waals surface area contributed by atoms with E-state index in [1.807, 2.05) is 0 Å². The number of hydrogen-bond donors (Lipinski definition) is 1. The Labute approximate surface area is 78.8 Å². The van der Waals surface area contributed by atoms with E-state index in [0.29, 0.717) is 6.42 Å². The van der Waals surface area contributed by atoms with Crippen LogP contribution in [0, 0.1) is 11.6 Å². The van der Waals surface area contributed by atoms with Crippen LogP contribution in [0.5, 0.6) is 5.75 Å². The summed E-state index contributed by atoms with van der Waals surface area (Å²) in [6, 6.07) is 1.94. The largest absolute Gasteiger partial charge is 0.504 e. The van der Waals surface area contributed by atoms with E-state index in [2.05, 4.69) is 0 Å². The summed E-state index contributed by atoms with van der Waals surface area (Å²) in [7, 11) is 0. The molecule has 1 heterocycles. The molecule has 74 valence electrons. The topological polar surface area (TPSA) is 33.4 Å². The van der Waals surface area contributed by atoms with Crippen molar-refractivity contribution in [1.82, 2.24) is 0 Å². The quantitative estimate of drug-likeness (QED) is 0.764. The van der Waals surface area contributed by atoms with Crippen LogP contribution in [0.4, 0.5) is 8.78 Å². The zero-order valence-corrected chi connectivity index (χ0v) is 7.47. The van der Waals surface area contributed by atoms with Crippen LogP contribution in [-0.2, 0) is 6.42 Å². The lowest BCUT2D eigenvalue weighted by Crippen LogP contribution is -1.79. The van der Waals surface area contributed by atoms with Crippen molar-refractivity contribution < 1.29 is 18.3 Å². The molecule has 0 aliphatic carbocycles. The van der Waals surface area contributed by atoms with Gasteiger partial charge in [-0.2, -0.15) is 0 Å². The predicted octanol–water partition coefficient (Wildman–Crippen LogP) is 2.98. The summed E-state index contributed by atoms with van der Waals surface area (Å²) in [6.45, 7) is 1.73. The first-order chi connectivity index (χ1) is 6.65. The van der Waals surface area contributed by atoms with Gasteiger partial charge in [0.2, 0.25) is 0 Å². The Balaban J connectivity index is 2.90. The van der Waals surface area contributed by atoms with E-state index in [1.165, 1.54) is 0 Å². The van der Waals surface area contributed by atoms with Crippen molar-refractivity contribution in [3.8, 4) is 5.75 Å². The summed E-state index contributed by atoms with van der Waals surface area (Å²) >= 11 is 0. The molecule has 1 N–H and O–H groups in total. The molecule has 4 heteroatoms. The second-order valence-corrected chi connectivity index (χ2v) is 2.96. The van der Waals surface area contributed by atoms with Gasteiger partial charge in [-0.3, -0.25) is 0 Å². The van der Waals surface area contributed by atoms with Crippen molar-refractivity contribution in [2.24, 2.45) is 0 Å². The number of rotatable bonds is 1. The van der Waals surface area contributed by atoms with Crippen LogP contribution in [0.3, 0.4) is 0 Å². The molecule has 0 aliphatic heterocycles. The second-order valence-electron chi connectivity index (χ2n) is 2.96. The van der Waals surface area contributed by atoms with Gasteiger partial charge in [0.25, 0.3) is 0 Å². The molecule has 0 radical (unpaired) electrons. The Hall–Kier alpha value is -1.58. The molecule has 2 rings (SSSR count). The molecule has 1 aromatic carbocycles. The molecule has 0 aliphatic rings. The van der Waals surface area contributed by atoms with E-state index in [0.717, 1.165) is 12.1 Å². The van der Waals surface area contributed by atoms with Gasteiger partial charge >= 0.3 is 0 Å². The van der Waals surface area contributed by atoms with Gasteiger partial charge in [-0.25, -0.2) is 8.78 Å². The van der Waals surface area contributed by atoms with Crippen LogP contribution in [-0.4, -0.2) is 5.11 Å². The summed E-state index contributed by atoms with van der Waals surface area (Å²) in [5.41, 5.74) is -0.223. The van der Waals surface area contributed by atoms with Gasteiger partial charge in [-0.1, -0.05) is 6.92 Å². The summed E-state index contributed by atoms with van der Waals surface area (Å²) in [5.74, 6) is -1.46. The van der Waals surface area contributed by atoms with Gasteiger partial charge in [-0.15, -0.1) is 0 Å². The van der Waals surface area contributed by atoms with Gasteiger partial charge in [0.15, 0.2) is 17.1 Å². The van der Waals surface area contributed by atoms with Gasteiger partial charge in [0.1, 0.15) is 17.0 Å². The van der Waals surface area contributed by atoms with Crippen molar-refractivity contribution in [2.75, 3.05) is 0 Å². The van der Waals surface area contributed by atoms with Crippen molar-refractivity contribution >= 4 is 11.0 Å². The number of benzene rings is 1. The van der Waals surface area contributed by atoms with Crippen LogP contribution in [0.25, 0.3) is 11.0 Å². The Morgan fingerprint density at radius 2 is 1.93 bits per heavy atom. The number of fused-ring (bicyclic) bond motifs is 1. The smallest absolute Gasteiger partial charge is 0.176 e. The summed E-state index contributed by atoms with van der Waals surface area (Å²) in [5, 5.41) is 9.32. The first-order valence-electron chi connectivity index (χ1n) is 4.23. The van der Waals surface area contributed by atoms with Gasteiger partial charge in [0, 0.05) is 6.42 Å². The van der Waals surface area contributed by atoms with Gasteiger partial charge in [0.05, 0.1) is 0 Å². The Kier molecular flexibility index (Phi) is 1.91. The standard InChI is InChI=1S/C10H8F2O2/c1-2-7-9(13)8-5(11)3-4-6(12)10(8)14-7/h3-4,13H,2H2,1H3. The first kappa shape index (κ1) is 8.99. The minimum absolute atomic E-state index is 0.179. The third-order valence-electron chi connectivity index (χ3n) is 2.11. The zero-order chi connectivity index (χ0) is 10.3. The lowest BCUT2D eigenvalue weighted by atomic mass is 10.2. The summed E-state index contributed by atoms with van der Waals surface area (Å²) < 4.78 is 31.3. The minimum atomic E-state index is -0.678. The molecule has 0 amide bonds. The van der Waals surface area contributed by atoms with Gasteiger partial charge < -0.3 is 9.52 Å². The SMILES string of the molecule is CCc1oc2c(F)ccc(F)c2c1O. The molecule has 0 fully saturated rings. The maximum absolute atomic E-state index is 13.2. The maximum Gasteiger partial charge on any atom is 0.176 e.